The smallest absolute Gasteiger partial charge is 0.336 e. The first kappa shape index (κ1) is 21.1. The molecule has 4 nitrogen and oxygen atoms in total. The maximum absolute atomic E-state index is 13.2. The Morgan fingerprint density at radius 1 is 1.03 bits per heavy atom. The maximum Gasteiger partial charge on any atom is 0.336 e. The highest BCUT2D eigenvalue weighted by molar-refractivity contribution is 6.03. The van der Waals surface area contributed by atoms with Gasteiger partial charge < -0.3 is 10.1 Å². The molecule has 0 saturated carbocycles. The number of carbonyl (C=O) groups excluding carboxylic acids is 2. The van der Waals surface area contributed by atoms with Crippen LogP contribution in [0.15, 0.2) is 77.1 Å². The quantitative estimate of drug-likeness (QED) is 0.675. The molecule has 2 aromatic carbocycles. The number of aryl methyl sites for hydroxylation is 1. The molecule has 0 aromatic heterocycles. The second-order valence-corrected chi connectivity index (χ2v) is 8.23. The summed E-state index contributed by atoms with van der Waals surface area (Å²) in [6, 6.07) is 18.2. The van der Waals surface area contributed by atoms with Crippen LogP contribution in [0.25, 0.3) is 0 Å². The van der Waals surface area contributed by atoms with Crippen LogP contribution in [0.3, 0.4) is 0 Å². The summed E-state index contributed by atoms with van der Waals surface area (Å²) in [5.74, 6) is -0.602. The maximum atomic E-state index is 13.2. The number of hydrogen-bond acceptors (Lipinski definition) is 4. The highest BCUT2D eigenvalue weighted by atomic mass is 16.5. The molecular formula is C27H29NO3. The predicted octanol–water partition coefficient (Wildman–Crippen LogP) is 5.00. The first-order chi connectivity index (χ1) is 15.1. The molecule has 2 aliphatic rings. The second-order valence-electron chi connectivity index (χ2n) is 8.23. The van der Waals surface area contributed by atoms with Gasteiger partial charge in [-0.3, -0.25) is 4.79 Å². The van der Waals surface area contributed by atoms with Crippen LogP contribution in [0.2, 0.25) is 0 Å². The van der Waals surface area contributed by atoms with Gasteiger partial charge >= 0.3 is 5.97 Å². The van der Waals surface area contributed by atoms with Gasteiger partial charge in [-0.1, -0.05) is 61.5 Å². The van der Waals surface area contributed by atoms with E-state index in [1.54, 1.807) is 0 Å². The van der Waals surface area contributed by atoms with E-state index in [0.717, 1.165) is 47.4 Å². The monoisotopic (exact) mass is 415 g/mol. The van der Waals surface area contributed by atoms with Crippen LogP contribution in [-0.4, -0.2) is 18.4 Å². The molecule has 1 atom stereocenters. The molecule has 1 aliphatic heterocycles. The molecule has 2 aromatic rings. The summed E-state index contributed by atoms with van der Waals surface area (Å²) in [5.41, 5.74) is 6.34. The molecule has 31 heavy (non-hydrogen) atoms. The van der Waals surface area contributed by atoms with Crippen LogP contribution in [0.1, 0.15) is 55.7 Å². The van der Waals surface area contributed by atoms with Crippen molar-refractivity contribution in [2.24, 2.45) is 0 Å². The van der Waals surface area contributed by atoms with Crippen LogP contribution in [0, 0.1) is 0 Å². The molecule has 0 amide bonds. The minimum atomic E-state index is -0.376. The third-order valence-electron chi connectivity index (χ3n) is 6.18. The zero-order valence-electron chi connectivity index (χ0n) is 18.2. The first-order valence-electron chi connectivity index (χ1n) is 11.1. The van der Waals surface area contributed by atoms with Crippen molar-refractivity contribution in [2.75, 3.05) is 6.61 Å². The summed E-state index contributed by atoms with van der Waals surface area (Å²) in [7, 11) is 0. The lowest BCUT2D eigenvalue weighted by molar-refractivity contribution is -0.139. The summed E-state index contributed by atoms with van der Waals surface area (Å²) in [4.78, 5) is 26.2. The Bertz CT molecular complexity index is 1030. The van der Waals surface area contributed by atoms with Crippen LogP contribution < -0.4 is 5.32 Å². The summed E-state index contributed by atoms with van der Waals surface area (Å²) >= 11 is 0. The average molecular weight is 416 g/mol. The van der Waals surface area contributed by atoms with Crippen molar-refractivity contribution in [2.45, 2.75) is 51.9 Å². The largest absolute Gasteiger partial charge is 0.462 e. The highest BCUT2D eigenvalue weighted by Crippen LogP contribution is 2.42. The van der Waals surface area contributed by atoms with Gasteiger partial charge in [0.2, 0.25) is 0 Å². The van der Waals surface area contributed by atoms with Crippen molar-refractivity contribution >= 4 is 11.8 Å². The number of rotatable bonds is 6. The molecule has 4 heteroatoms. The minimum Gasteiger partial charge on any atom is -0.462 e. The first-order valence-corrected chi connectivity index (χ1v) is 11.1. The van der Waals surface area contributed by atoms with Crippen molar-refractivity contribution in [3.63, 3.8) is 0 Å². The van der Waals surface area contributed by atoms with Crippen molar-refractivity contribution < 1.29 is 14.3 Å². The Labute approximate surface area is 184 Å². The minimum absolute atomic E-state index is 0.125. The molecule has 1 N–H and O–H groups in total. The van der Waals surface area contributed by atoms with Crippen molar-refractivity contribution in [1.29, 1.82) is 0 Å². The van der Waals surface area contributed by atoms with E-state index in [1.165, 1.54) is 5.56 Å². The molecular weight excluding hydrogens is 386 g/mol. The number of allylic oxidation sites excluding steroid dienone is 3. The van der Waals surface area contributed by atoms with Crippen LogP contribution >= 0.6 is 0 Å². The predicted molar refractivity (Wildman–Crippen MR) is 121 cm³/mol. The van der Waals surface area contributed by atoms with Gasteiger partial charge in [0, 0.05) is 35.7 Å². The fraction of sp³-hybridized carbons (Fsp3) is 0.333. The SMILES string of the molecule is CCc1ccc([C@@H]2C(C(=O)OCCc3ccccc3)=C(C)NC3=C2C(=O)CCC3)cc1. The second kappa shape index (κ2) is 9.34. The third kappa shape index (κ3) is 4.48. The lowest BCUT2D eigenvalue weighted by Crippen LogP contribution is -2.34. The number of Topliss-reactive ketones (excluding diaryl/α,β-unsaturated/α-hetero) is 1. The van der Waals surface area contributed by atoms with Gasteiger partial charge in [-0.15, -0.1) is 0 Å². The van der Waals surface area contributed by atoms with Crippen molar-refractivity contribution in [3.8, 4) is 0 Å². The summed E-state index contributed by atoms with van der Waals surface area (Å²) in [6.07, 6.45) is 3.81. The van der Waals surface area contributed by atoms with E-state index in [1.807, 2.05) is 49.4 Å². The Hall–Kier alpha value is -3.14. The van der Waals surface area contributed by atoms with Crippen molar-refractivity contribution in [1.82, 2.24) is 5.32 Å². The fourth-order valence-corrected chi connectivity index (χ4v) is 4.52. The Morgan fingerprint density at radius 2 is 1.77 bits per heavy atom. The molecule has 0 bridgehead atoms. The van der Waals surface area contributed by atoms with E-state index in [-0.39, 0.29) is 17.7 Å². The Balaban J connectivity index is 1.63. The van der Waals surface area contributed by atoms with Crippen molar-refractivity contribution in [3.05, 3.63) is 93.8 Å². The number of carbonyl (C=O) groups is 2. The summed E-state index contributed by atoms with van der Waals surface area (Å²) < 4.78 is 5.70. The third-order valence-corrected chi connectivity index (χ3v) is 6.18. The average Bonchev–Trinajstić information content (AvgIpc) is 2.79. The number of esters is 1. The van der Waals surface area contributed by atoms with Gasteiger partial charge in [0.1, 0.15) is 0 Å². The molecule has 0 unspecified atom stereocenters. The molecule has 0 saturated heterocycles. The number of nitrogens with one attached hydrogen (secondary N) is 1. The molecule has 1 aliphatic carbocycles. The molecule has 4 rings (SSSR count). The Morgan fingerprint density at radius 3 is 2.48 bits per heavy atom. The molecule has 1 heterocycles. The number of hydrogen-bond donors (Lipinski definition) is 1. The number of benzene rings is 2. The Kier molecular flexibility index (Phi) is 6.36. The molecule has 0 spiro atoms. The van der Waals surface area contributed by atoms with Gasteiger partial charge in [0.15, 0.2) is 5.78 Å². The van der Waals surface area contributed by atoms with Crippen LogP contribution in [0.5, 0.6) is 0 Å². The lowest BCUT2D eigenvalue weighted by atomic mass is 9.75. The number of dihydropyridines is 1. The molecule has 160 valence electrons. The van der Waals surface area contributed by atoms with E-state index in [0.29, 0.717) is 25.0 Å². The fourth-order valence-electron chi connectivity index (χ4n) is 4.52. The van der Waals surface area contributed by atoms with E-state index >= 15 is 0 Å². The van der Waals surface area contributed by atoms with E-state index in [9.17, 15) is 9.59 Å². The van der Waals surface area contributed by atoms with Crippen LogP contribution in [0.4, 0.5) is 0 Å². The van der Waals surface area contributed by atoms with Gasteiger partial charge in [0.25, 0.3) is 0 Å². The highest BCUT2D eigenvalue weighted by Gasteiger charge is 2.39. The number of ether oxygens (including phenoxy) is 1. The molecule has 0 fully saturated rings. The van der Waals surface area contributed by atoms with Crippen LogP contribution in [-0.2, 0) is 27.2 Å². The summed E-state index contributed by atoms with van der Waals surface area (Å²) in [5, 5.41) is 3.35. The van der Waals surface area contributed by atoms with E-state index < -0.39 is 0 Å². The standard InChI is InChI=1S/C27H29NO3/c1-3-19-12-14-21(15-13-19)25-24(18(2)28-22-10-7-11-23(29)26(22)25)27(30)31-17-16-20-8-5-4-6-9-20/h4-6,8-9,12-15,25,28H,3,7,10-11,16-17H2,1-2H3/t25-/m1/s1. The van der Waals surface area contributed by atoms with E-state index in [2.05, 4.69) is 24.4 Å². The zero-order valence-corrected chi connectivity index (χ0v) is 18.2. The summed E-state index contributed by atoms with van der Waals surface area (Å²) in [6.45, 7) is 4.33. The lowest BCUT2D eigenvalue weighted by Gasteiger charge is -2.34. The van der Waals surface area contributed by atoms with Gasteiger partial charge in [-0.2, -0.15) is 0 Å². The van der Waals surface area contributed by atoms with Gasteiger partial charge in [-0.25, -0.2) is 4.79 Å². The topological polar surface area (TPSA) is 55.4 Å². The molecule has 0 radical (unpaired) electrons. The zero-order chi connectivity index (χ0) is 21.8. The van der Waals surface area contributed by atoms with Gasteiger partial charge in [0.05, 0.1) is 12.2 Å². The van der Waals surface area contributed by atoms with E-state index in [4.69, 9.17) is 4.74 Å². The normalized spacial score (nSPS) is 18.5. The number of ketones is 1. The van der Waals surface area contributed by atoms with Gasteiger partial charge in [-0.05, 0) is 42.9 Å².